The van der Waals surface area contributed by atoms with Crippen molar-refractivity contribution in [1.29, 1.82) is 0 Å². The predicted octanol–water partition coefficient (Wildman–Crippen LogP) is 3.46. The zero-order valence-electron chi connectivity index (χ0n) is 17.2. The zero-order chi connectivity index (χ0) is 21.8. The Morgan fingerprint density at radius 2 is 1.84 bits per heavy atom. The molecule has 0 aliphatic heterocycles. The fourth-order valence-corrected chi connectivity index (χ4v) is 3.47. The number of amides is 1. The number of fused-ring (bicyclic) bond motifs is 1. The minimum Gasteiger partial charge on any atom is -0.378 e. The summed E-state index contributed by atoms with van der Waals surface area (Å²) in [6.07, 6.45) is 8.76. The van der Waals surface area contributed by atoms with Crippen molar-refractivity contribution in [3.05, 3.63) is 109 Å². The van der Waals surface area contributed by atoms with E-state index in [1.54, 1.807) is 29.5 Å². The second-order valence-corrected chi connectivity index (χ2v) is 7.24. The van der Waals surface area contributed by atoms with Crippen molar-refractivity contribution in [2.45, 2.75) is 13.1 Å². The van der Waals surface area contributed by atoms with Crippen molar-refractivity contribution in [2.75, 3.05) is 5.32 Å². The third kappa shape index (κ3) is 4.06. The van der Waals surface area contributed by atoms with Gasteiger partial charge in [0.1, 0.15) is 12.0 Å². The van der Waals surface area contributed by atoms with Gasteiger partial charge in [-0.1, -0.05) is 36.4 Å². The zero-order valence-corrected chi connectivity index (χ0v) is 17.2. The van der Waals surface area contributed by atoms with E-state index in [1.807, 2.05) is 71.3 Å². The largest absolute Gasteiger partial charge is 0.378 e. The maximum atomic E-state index is 12.6. The van der Waals surface area contributed by atoms with Crippen molar-refractivity contribution >= 4 is 17.1 Å². The molecule has 0 aliphatic carbocycles. The Morgan fingerprint density at radius 1 is 0.969 bits per heavy atom. The molecule has 0 bridgehead atoms. The van der Waals surface area contributed by atoms with E-state index in [-0.39, 0.29) is 5.91 Å². The Hall–Kier alpha value is -4.46. The van der Waals surface area contributed by atoms with Crippen LogP contribution in [0.2, 0.25) is 0 Å². The fraction of sp³-hybridized carbons (Fsp3) is 0.0833. The number of aromatic nitrogens is 5. The van der Waals surface area contributed by atoms with Crippen LogP contribution < -0.4 is 10.6 Å². The topological polar surface area (TPSA) is 89.1 Å². The summed E-state index contributed by atoms with van der Waals surface area (Å²) in [5.41, 5.74) is 4.15. The van der Waals surface area contributed by atoms with Crippen molar-refractivity contribution in [3.63, 3.8) is 0 Å². The smallest absolute Gasteiger partial charge is 0.271 e. The highest BCUT2D eigenvalue weighted by atomic mass is 16.1. The maximum Gasteiger partial charge on any atom is 0.271 e. The number of imidazole rings is 2. The lowest BCUT2D eigenvalue weighted by molar-refractivity contribution is 0.0946. The number of nitrogens with zero attached hydrogens (tertiary/aromatic N) is 5. The van der Waals surface area contributed by atoms with Gasteiger partial charge in [0.25, 0.3) is 5.91 Å². The number of carbonyl (C=O) groups excluding carboxylic acids is 1. The first kappa shape index (κ1) is 19.5. The summed E-state index contributed by atoms with van der Waals surface area (Å²) in [4.78, 5) is 25.8. The Kier molecular flexibility index (Phi) is 5.32. The number of hydrogen-bond acceptors (Lipinski definition) is 5. The molecule has 0 unspecified atom stereocenters. The molecule has 32 heavy (non-hydrogen) atoms. The number of benzene rings is 1. The van der Waals surface area contributed by atoms with E-state index in [0.29, 0.717) is 24.7 Å². The lowest BCUT2D eigenvalue weighted by Crippen LogP contribution is -2.23. The Bertz CT molecular complexity index is 1340. The minimum atomic E-state index is -0.230. The van der Waals surface area contributed by atoms with E-state index in [9.17, 15) is 4.79 Å². The van der Waals surface area contributed by atoms with E-state index in [4.69, 9.17) is 4.98 Å². The average Bonchev–Trinajstić information content (AvgIpc) is 3.48. The van der Waals surface area contributed by atoms with Crippen LogP contribution in [0.3, 0.4) is 0 Å². The lowest BCUT2D eigenvalue weighted by Gasteiger charge is -2.03. The van der Waals surface area contributed by atoms with Gasteiger partial charge in [0.2, 0.25) is 5.95 Å². The summed E-state index contributed by atoms with van der Waals surface area (Å²) < 4.78 is 3.74. The number of nitrogens with one attached hydrogen (secondary N) is 2. The van der Waals surface area contributed by atoms with Crippen LogP contribution in [-0.2, 0) is 13.1 Å². The third-order valence-electron chi connectivity index (χ3n) is 5.07. The number of rotatable bonds is 7. The molecule has 4 heterocycles. The predicted molar refractivity (Wildman–Crippen MR) is 121 cm³/mol. The van der Waals surface area contributed by atoms with Crippen LogP contribution in [0.4, 0.5) is 5.69 Å². The van der Waals surface area contributed by atoms with Gasteiger partial charge in [0.15, 0.2) is 0 Å². The van der Waals surface area contributed by atoms with Gasteiger partial charge in [-0.15, -0.1) is 0 Å². The van der Waals surface area contributed by atoms with Crippen LogP contribution in [0.25, 0.3) is 11.5 Å². The fourth-order valence-electron chi connectivity index (χ4n) is 3.47. The summed E-state index contributed by atoms with van der Waals surface area (Å²) in [5.74, 6) is 0.435. The van der Waals surface area contributed by atoms with Gasteiger partial charge in [-0.25, -0.2) is 9.97 Å². The molecular weight excluding hydrogens is 402 g/mol. The molecular formula is C24H21N7O. The van der Waals surface area contributed by atoms with Crippen molar-refractivity contribution in [2.24, 2.45) is 0 Å². The van der Waals surface area contributed by atoms with Gasteiger partial charge in [0, 0.05) is 31.3 Å². The van der Waals surface area contributed by atoms with E-state index in [0.717, 1.165) is 22.5 Å². The van der Waals surface area contributed by atoms with Crippen LogP contribution >= 0.6 is 0 Å². The molecule has 0 aliphatic rings. The van der Waals surface area contributed by atoms with E-state index in [2.05, 4.69) is 20.6 Å². The molecule has 0 saturated carbocycles. The first-order chi connectivity index (χ1) is 15.8. The second-order valence-electron chi connectivity index (χ2n) is 7.24. The monoisotopic (exact) mass is 423 g/mol. The van der Waals surface area contributed by atoms with Crippen LogP contribution in [0.1, 0.15) is 21.7 Å². The summed E-state index contributed by atoms with van der Waals surface area (Å²) in [5, 5.41) is 6.25. The molecule has 8 heteroatoms. The standard InChI is InChI=1S/C24H21N7O/c32-23(27-13-18-7-2-1-3-8-18)21-16-30(17-28-21)24-29-20(22-10-4-5-12-31(22)24)15-26-19-9-6-11-25-14-19/h1-12,14,16-17,26H,13,15H2,(H,27,32). The van der Waals surface area contributed by atoms with Crippen molar-refractivity contribution in [3.8, 4) is 5.95 Å². The first-order valence-corrected chi connectivity index (χ1v) is 10.2. The molecule has 1 aromatic carbocycles. The molecule has 158 valence electrons. The van der Waals surface area contributed by atoms with Crippen molar-refractivity contribution < 1.29 is 4.79 Å². The maximum absolute atomic E-state index is 12.6. The van der Waals surface area contributed by atoms with Crippen molar-refractivity contribution in [1.82, 2.24) is 29.2 Å². The van der Waals surface area contributed by atoms with E-state index >= 15 is 0 Å². The molecule has 5 aromatic rings. The highest BCUT2D eigenvalue weighted by molar-refractivity contribution is 5.92. The van der Waals surface area contributed by atoms with Crippen LogP contribution in [0.5, 0.6) is 0 Å². The second kappa shape index (κ2) is 8.73. The molecule has 0 atom stereocenters. The molecule has 0 fully saturated rings. The molecule has 0 saturated heterocycles. The van der Waals surface area contributed by atoms with Gasteiger partial charge < -0.3 is 10.6 Å². The van der Waals surface area contributed by atoms with Crippen LogP contribution in [-0.4, -0.2) is 29.8 Å². The van der Waals surface area contributed by atoms with E-state index in [1.165, 1.54) is 0 Å². The number of hydrogen-bond donors (Lipinski definition) is 2. The normalized spacial score (nSPS) is 10.9. The van der Waals surface area contributed by atoms with Crippen LogP contribution in [0, 0.1) is 0 Å². The lowest BCUT2D eigenvalue weighted by atomic mass is 10.2. The third-order valence-corrected chi connectivity index (χ3v) is 5.07. The summed E-state index contributed by atoms with van der Waals surface area (Å²) in [7, 11) is 0. The number of pyridine rings is 2. The summed E-state index contributed by atoms with van der Waals surface area (Å²) in [6.45, 7) is 0.987. The van der Waals surface area contributed by atoms with Gasteiger partial charge in [-0.3, -0.25) is 18.7 Å². The molecule has 0 radical (unpaired) electrons. The minimum absolute atomic E-state index is 0.230. The summed E-state index contributed by atoms with van der Waals surface area (Å²) in [6, 6.07) is 19.6. The molecule has 8 nitrogen and oxygen atoms in total. The Morgan fingerprint density at radius 3 is 2.69 bits per heavy atom. The molecule has 0 spiro atoms. The Labute approximate surface area is 184 Å². The highest BCUT2D eigenvalue weighted by Gasteiger charge is 2.15. The average molecular weight is 423 g/mol. The number of anilines is 1. The highest BCUT2D eigenvalue weighted by Crippen LogP contribution is 2.18. The van der Waals surface area contributed by atoms with Gasteiger partial charge in [-0.05, 0) is 29.8 Å². The van der Waals surface area contributed by atoms with Crippen LogP contribution in [0.15, 0.2) is 91.8 Å². The first-order valence-electron chi connectivity index (χ1n) is 10.2. The molecule has 1 amide bonds. The van der Waals surface area contributed by atoms with Gasteiger partial charge in [-0.2, -0.15) is 0 Å². The van der Waals surface area contributed by atoms with Gasteiger partial charge in [0.05, 0.1) is 23.4 Å². The summed E-state index contributed by atoms with van der Waals surface area (Å²) >= 11 is 0. The Balaban J connectivity index is 1.37. The molecule has 4 aromatic heterocycles. The SMILES string of the molecule is O=C(NCc1ccccc1)c1cn(-c2nc(CNc3cccnc3)c3ccccn23)cn1. The van der Waals surface area contributed by atoms with Gasteiger partial charge >= 0.3 is 0 Å². The molecule has 2 N–H and O–H groups in total. The number of carbonyl (C=O) groups is 1. The quantitative estimate of drug-likeness (QED) is 0.419. The van der Waals surface area contributed by atoms with E-state index < -0.39 is 0 Å². The molecule has 5 rings (SSSR count).